The molecule has 0 N–H and O–H groups in total. The molecule has 0 aliphatic carbocycles. The van der Waals surface area contributed by atoms with E-state index in [0.717, 1.165) is 5.57 Å². The number of rotatable bonds is 0. The molecule has 0 nitrogen and oxygen atoms in total. The molecule has 10 heavy (non-hydrogen) atoms. The first-order valence-electron chi connectivity index (χ1n) is 2.70. The predicted octanol–water partition coefficient (Wildman–Crippen LogP) is 3.80. The molecule has 0 aliphatic heterocycles. The molecule has 0 saturated heterocycles. The van der Waals surface area contributed by atoms with Crippen LogP contribution in [0.2, 0.25) is 0 Å². The summed E-state index contributed by atoms with van der Waals surface area (Å²) in [5.41, 5.74) is 1.19. The predicted molar refractivity (Wildman–Crippen MR) is 45.7 cm³/mol. The Morgan fingerprint density at radius 2 is 1.50 bits per heavy atom. The van der Waals surface area contributed by atoms with Crippen molar-refractivity contribution in [2.75, 3.05) is 0 Å². The minimum absolute atomic E-state index is 0.106. The Bertz CT molecular complexity index is 94.3. The third-order valence-electron chi connectivity index (χ3n) is 1.06. The Labute approximate surface area is 80.1 Å². The summed E-state index contributed by atoms with van der Waals surface area (Å²) in [5.74, 6) is 0. The van der Waals surface area contributed by atoms with Gasteiger partial charge in [0.25, 0.3) is 0 Å². The third-order valence-corrected chi connectivity index (χ3v) is 1.06. The Morgan fingerprint density at radius 1 is 1.40 bits per heavy atom. The van der Waals surface area contributed by atoms with E-state index in [1.807, 2.05) is 0 Å². The van der Waals surface area contributed by atoms with Gasteiger partial charge < -0.3 is 0 Å². The van der Waals surface area contributed by atoms with E-state index >= 15 is 0 Å². The van der Waals surface area contributed by atoms with Crippen molar-refractivity contribution < 1.29 is 15.9 Å². The molecule has 0 bridgehead atoms. The van der Waals surface area contributed by atoms with Crippen molar-refractivity contribution in [1.29, 1.82) is 0 Å². The van der Waals surface area contributed by atoms with Crippen LogP contribution in [0.3, 0.4) is 0 Å². The van der Waals surface area contributed by atoms with Gasteiger partial charge in [-0.25, -0.2) is 19.1 Å². The van der Waals surface area contributed by atoms with Gasteiger partial charge in [0.1, 0.15) is 0 Å². The Hall–Kier alpha value is 0.852. The summed E-state index contributed by atoms with van der Waals surface area (Å²) < 4.78 is 0. The van der Waals surface area contributed by atoms with E-state index in [0.29, 0.717) is 0 Å². The first-order chi connectivity index (χ1) is 4.36. The van der Waals surface area contributed by atoms with Gasteiger partial charge in [-0.15, -0.1) is 0 Å². The Kier molecular flexibility index (Phi) is 8.81. The van der Waals surface area contributed by atoms with Crippen LogP contribution in [-0.2, 0) is 15.9 Å². The molecule has 0 heterocycles. The molecular formula is C7H13Cl2Pd-. The van der Waals surface area contributed by atoms with Gasteiger partial charge in [0.2, 0.25) is 0 Å². The van der Waals surface area contributed by atoms with Gasteiger partial charge in [-0.05, 0) is 5.41 Å². The molecule has 0 amide bonds. The van der Waals surface area contributed by atoms with Crippen molar-refractivity contribution in [3.8, 4) is 0 Å². The summed E-state index contributed by atoms with van der Waals surface area (Å²) in [5, 5.41) is 0. The second-order valence-corrected chi connectivity index (χ2v) is 5.26. The fourth-order valence-electron chi connectivity index (χ4n) is 0. The van der Waals surface area contributed by atoms with E-state index in [4.69, 9.17) is 19.1 Å². The number of allylic oxidation sites excluding steroid dienone is 1. The zero-order valence-corrected chi connectivity index (χ0v) is 9.55. The van der Waals surface area contributed by atoms with Crippen molar-refractivity contribution in [2.24, 2.45) is 5.41 Å². The summed E-state index contributed by atoms with van der Waals surface area (Å²) in [6.07, 6.45) is 0. The normalized spacial score (nSPS) is 10.1. The van der Waals surface area contributed by atoms with Crippen molar-refractivity contribution >= 4 is 19.1 Å². The van der Waals surface area contributed by atoms with E-state index in [1.165, 1.54) is 0 Å². The van der Waals surface area contributed by atoms with Gasteiger partial charge in [0.15, 0.2) is 0 Å². The second kappa shape index (κ2) is 6.56. The van der Waals surface area contributed by atoms with Gasteiger partial charge >= 0.3 is 35.0 Å². The fraction of sp³-hybridized carbons (Fsp3) is 0.571. The van der Waals surface area contributed by atoms with Crippen molar-refractivity contribution in [3.63, 3.8) is 0 Å². The molecule has 0 atom stereocenters. The van der Waals surface area contributed by atoms with Crippen molar-refractivity contribution in [2.45, 2.75) is 20.8 Å². The standard InChI is InChI=1S/C7H13.2ClH.Pd/c1-6(2)7(3,4)5;;;/h1-2H2,3-5H3;2*1H;/q-1;;;+2/p-2. The van der Waals surface area contributed by atoms with Crippen LogP contribution in [0.5, 0.6) is 0 Å². The first kappa shape index (κ1) is 13.4. The Balaban J connectivity index is 0. The van der Waals surface area contributed by atoms with Crippen LogP contribution in [0.15, 0.2) is 12.2 Å². The van der Waals surface area contributed by atoms with Crippen molar-refractivity contribution in [1.82, 2.24) is 0 Å². The summed E-state index contributed by atoms with van der Waals surface area (Å²) >= 11 is -0.106. The molecular weight excluding hydrogens is 261 g/mol. The van der Waals surface area contributed by atoms with Crippen LogP contribution >= 0.6 is 19.1 Å². The van der Waals surface area contributed by atoms with Crippen molar-refractivity contribution in [3.05, 3.63) is 19.1 Å². The molecule has 0 fully saturated rings. The molecule has 0 spiro atoms. The van der Waals surface area contributed by atoms with E-state index < -0.39 is 0 Å². The Morgan fingerprint density at radius 3 is 1.50 bits per heavy atom. The molecule has 66 valence electrons. The zero-order chi connectivity index (χ0) is 8.78. The third kappa shape index (κ3) is 11.6. The first-order valence-corrected chi connectivity index (χ1v) is 6.70. The van der Waals surface area contributed by atoms with E-state index in [1.54, 1.807) is 0 Å². The molecule has 0 radical (unpaired) electrons. The van der Waals surface area contributed by atoms with E-state index in [-0.39, 0.29) is 21.4 Å². The zero-order valence-electron chi connectivity index (χ0n) is 6.49. The summed E-state index contributed by atoms with van der Waals surface area (Å²) in [6, 6.07) is 0. The van der Waals surface area contributed by atoms with Crippen LogP contribution in [0.25, 0.3) is 0 Å². The van der Waals surface area contributed by atoms with E-state index in [9.17, 15) is 0 Å². The monoisotopic (exact) mass is 273 g/mol. The molecule has 0 aliphatic rings. The maximum atomic E-state index is 4.81. The molecule has 0 aromatic rings. The molecule has 0 aromatic heterocycles. The van der Waals surface area contributed by atoms with Crippen LogP contribution in [-0.4, -0.2) is 0 Å². The van der Waals surface area contributed by atoms with E-state index in [2.05, 4.69) is 34.3 Å². The van der Waals surface area contributed by atoms with Gasteiger partial charge in [-0.2, -0.15) is 0 Å². The fourth-order valence-corrected chi connectivity index (χ4v) is 0. The number of hydrogen-bond acceptors (Lipinski definition) is 0. The molecule has 0 rings (SSSR count). The second-order valence-electron chi connectivity index (χ2n) is 2.90. The minimum atomic E-state index is -0.106. The number of hydrogen-bond donors (Lipinski definition) is 0. The van der Waals surface area contributed by atoms with Crippen LogP contribution in [0.1, 0.15) is 20.8 Å². The molecule has 0 aromatic carbocycles. The van der Waals surface area contributed by atoms with Crippen LogP contribution < -0.4 is 0 Å². The van der Waals surface area contributed by atoms with Gasteiger partial charge in [-0.1, -0.05) is 20.8 Å². The van der Waals surface area contributed by atoms with Gasteiger partial charge in [0, 0.05) is 0 Å². The summed E-state index contributed by atoms with van der Waals surface area (Å²) in [6.45, 7) is 13.7. The average molecular weight is 275 g/mol. The summed E-state index contributed by atoms with van der Waals surface area (Å²) in [4.78, 5) is 0. The molecule has 3 heteroatoms. The molecule has 0 saturated carbocycles. The average Bonchev–Trinajstić information content (AvgIpc) is 1.64. The van der Waals surface area contributed by atoms with Gasteiger partial charge in [-0.3, -0.25) is 0 Å². The summed E-state index contributed by atoms with van der Waals surface area (Å²) in [7, 11) is 9.63. The van der Waals surface area contributed by atoms with Gasteiger partial charge in [0.05, 0.1) is 0 Å². The maximum absolute atomic E-state index is 4.81. The van der Waals surface area contributed by atoms with Crippen LogP contribution in [0.4, 0.5) is 0 Å². The SMILES string of the molecule is C=C([CH2-])C(C)(C)C.[Cl][Pd][Cl]. The quantitative estimate of drug-likeness (QED) is 0.465. The van der Waals surface area contributed by atoms with Crippen LogP contribution in [0, 0.1) is 12.3 Å². The number of halogens is 2. The topological polar surface area (TPSA) is 0 Å². The molecule has 0 unspecified atom stereocenters.